The number of carbonyl (C=O) groups is 2. The van der Waals surface area contributed by atoms with Gasteiger partial charge in [-0.1, -0.05) is 36.9 Å². The number of carboxylic acid groups (broad SMARTS) is 1. The summed E-state index contributed by atoms with van der Waals surface area (Å²) in [6.45, 7) is 1.65. The first-order valence-corrected chi connectivity index (χ1v) is 9.93. The normalized spacial score (nSPS) is 17.1. The third-order valence-electron chi connectivity index (χ3n) is 4.23. The van der Waals surface area contributed by atoms with Gasteiger partial charge in [0.15, 0.2) is 23.6 Å². The summed E-state index contributed by atoms with van der Waals surface area (Å²) < 4.78 is 10.5. The van der Waals surface area contributed by atoms with Gasteiger partial charge in [-0.2, -0.15) is 0 Å². The second-order valence-electron chi connectivity index (χ2n) is 6.27. The number of hydrogen-bond acceptors (Lipinski definition) is 6. The topological polar surface area (TPSA) is 96.9 Å². The van der Waals surface area contributed by atoms with Crippen molar-refractivity contribution >= 4 is 35.4 Å². The zero-order valence-corrected chi connectivity index (χ0v) is 16.9. The molecule has 0 aliphatic carbocycles. The highest BCUT2D eigenvalue weighted by Crippen LogP contribution is 2.33. The third-order valence-corrected chi connectivity index (χ3v) is 5.26. The highest BCUT2D eigenvalue weighted by atomic mass is 32.2. The van der Waals surface area contributed by atoms with Crippen LogP contribution in [0.4, 0.5) is 5.69 Å². The van der Waals surface area contributed by atoms with Gasteiger partial charge in [0.2, 0.25) is 0 Å². The van der Waals surface area contributed by atoms with E-state index in [1.54, 1.807) is 24.3 Å². The Morgan fingerprint density at radius 3 is 2.66 bits per heavy atom. The van der Waals surface area contributed by atoms with Crippen molar-refractivity contribution in [2.75, 3.05) is 19.0 Å². The molecule has 2 aromatic carbocycles. The molecule has 0 saturated carbocycles. The second-order valence-corrected chi connectivity index (χ2v) is 7.41. The Kier molecular flexibility index (Phi) is 6.66. The molecule has 8 heteroatoms. The van der Waals surface area contributed by atoms with Gasteiger partial charge >= 0.3 is 5.97 Å². The number of anilines is 1. The quantitative estimate of drug-likeness (QED) is 0.570. The molecule has 29 heavy (non-hydrogen) atoms. The van der Waals surface area contributed by atoms with E-state index in [9.17, 15) is 9.59 Å². The summed E-state index contributed by atoms with van der Waals surface area (Å²) in [6.07, 6.45) is 2.73. The Hall–Kier alpha value is -3.13. The Balaban J connectivity index is 1.69. The molecule has 1 saturated heterocycles. The van der Waals surface area contributed by atoms with Crippen molar-refractivity contribution < 1.29 is 24.2 Å². The van der Waals surface area contributed by atoms with Crippen LogP contribution >= 0.6 is 11.8 Å². The average molecular weight is 414 g/mol. The van der Waals surface area contributed by atoms with E-state index in [2.05, 4.69) is 29.7 Å². The number of aryl methyl sites for hydroxylation is 1. The van der Waals surface area contributed by atoms with Crippen LogP contribution < -0.4 is 20.1 Å². The van der Waals surface area contributed by atoms with Gasteiger partial charge in [-0.15, -0.1) is 0 Å². The highest BCUT2D eigenvalue weighted by Gasteiger charge is 2.27. The summed E-state index contributed by atoms with van der Waals surface area (Å²) in [6, 6.07) is 13.2. The minimum Gasteiger partial charge on any atom is -0.493 e. The molecule has 0 bridgehead atoms. The van der Waals surface area contributed by atoms with E-state index in [0.717, 1.165) is 17.7 Å². The molecule has 3 N–H and O–H groups in total. The molecule has 3 rings (SSSR count). The van der Waals surface area contributed by atoms with Crippen LogP contribution in [0.5, 0.6) is 11.5 Å². The maximum absolute atomic E-state index is 12.3. The number of amides is 1. The SMILES string of the molecule is CCc1ccc(NC2NC(=O)/C(=C/c3ccc(OCC(=O)O)c(OC)c3)S2)cc1. The van der Waals surface area contributed by atoms with Crippen molar-refractivity contribution in [1.82, 2.24) is 5.32 Å². The van der Waals surface area contributed by atoms with Crippen LogP contribution in [0.2, 0.25) is 0 Å². The van der Waals surface area contributed by atoms with Crippen LogP contribution in [-0.2, 0) is 16.0 Å². The first-order valence-electron chi connectivity index (χ1n) is 9.06. The van der Waals surface area contributed by atoms with Gasteiger partial charge < -0.3 is 25.2 Å². The molecule has 0 spiro atoms. The van der Waals surface area contributed by atoms with Gasteiger partial charge in [0, 0.05) is 5.69 Å². The smallest absolute Gasteiger partial charge is 0.341 e. The number of rotatable bonds is 8. The Morgan fingerprint density at radius 1 is 1.24 bits per heavy atom. The van der Waals surface area contributed by atoms with Gasteiger partial charge in [0.25, 0.3) is 5.91 Å². The molecule has 0 aromatic heterocycles. The standard InChI is InChI=1S/C21H22N2O5S/c1-3-13-4-7-15(8-5-13)22-21-23-20(26)18(29-21)11-14-6-9-16(17(10-14)27-2)28-12-19(24)25/h4-11,21-22H,3,12H2,1-2H3,(H,23,26)(H,24,25)/b18-11-. The first kappa shape index (κ1) is 20.6. The van der Waals surface area contributed by atoms with Crippen LogP contribution in [0.3, 0.4) is 0 Å². The van der Waals surface area contributed by atoms with Gasteiger partial charge in [0.1, 0.15) is 0 Å². The number of aliphatic carboxylic acids is 1. The predicted molar refractivity (Wildman–Crippen MR) is 113 cm³/mol. The van der Waals surface area contributed by atoms with Crippen LogP contribution in [-0.4, -0.2) is 36.2 Å². The number of thioether (sulfide) groups is 1. The molecule has 1 amide bonds. The molecule has 0 radical (unpaired) electrons. The van der Waals surface area contributed by atoms with Gasteiger partial charge in [-0.25, -0.2) is 4.79 Å². The summed E-state index contributed by atoms with van der Waals surface area (Å²) >= 11 is 1.39. The van der Waals surface area contributed by atoms with Gasteiger partial charge in [-0.3, -0.25) is 4.79 Å². The fourth-order valence-corrected chi connectivity index (χ4v) is 3.72. The maximum Gasteiger partial charge on any atom is 0.341 e. The Labute approximate surface area is 173 Å². The van der Waals surface area contributed by atoms with E-state index in [0.29, 0.717) is 16.4 Å². The number of nitrogens with one attached hydrogen (secondary N) is 2. The maximum atomic E-state index is 12.3. The van der Waals surface area contributed by atoms with Crippen LogP contribution in [0.15, 0.2) is 47.4 Å². The highest BCUT2D eigenvalue weighted by molar-refractivity contribution is 8.05. The average Bonchev–Trinajstić information content (AvgIpc) is 3.06. The number of carbonyl (C=O) groups excluding carboxylic acids is 1. The van der Waals surface area contributed by atoms with Crippen molar-refractivity contribution in [3.8, 4) is 11.5 Å². The lowest BCUT2D eigenvalue weighted by molar-refractivity contribution is -0.139. The lowest BCUT2D eigenvalue weighted by atomic mass is 10.1. The summed E-state index contributed by atoms with van der Waals surface area (Å²) in [5.74, 6) is -0.506. The minimum absolute atomic E-state index is 0.164. The van der Waals surface area contributed by atoms with Crippen molar-refractivity contribution in [2.45, 2.75) is 18.8 Å². The van der Waals surface area contributed by atoms with Crippen molar-refractivity contribution in [2.24, 2.45) is 0 Å². The molecule has 1 fully saturated rings. The molecule has 1 unspecified atom stereocenters. The fraction of sp³-hybridized carbons (Fsp3) is 0.238. The molecule has 7 nitrogen and oxygen atoms in total. The molecule has 1 aliphatic rings. The fourth-order valence-electron chi connectivity index (χ4n) is 2.74. The van der Waals surface area contributed by atoms with E-state index >= 15 is 0 Å². The number of hydrogen-bond donors (Lipinski definition) is 3. The summed E-state index contributed by atoms with van der Waals surface area (Å²) in [4.78, 5) is 23.6. The molecule has 1 atom stereocenters. The predicted octanol–water partition coefficient (Wildman–Crippen LogP) is 3.32. The van der Waals surface area contributed by atoms with Crippen LogP contribution in [0.25, 0.3) is 6.08 Å². The first-order chi connectivity index (χ1) is 14.0. The number of benzene rings is 2. The third kappa shape index (κ3) is 5.45. The van der Waals surface area contributed by atoms with E-state index in [1.165, 1.54) is 24.4 Å². The molecule has 2 aromatic rings. The molecular formula is C21H22N2O5S. The second kappa shape index (κ2) is 9.38. The van der Waals surface area contributed by atoms with Gasteiger partial charge in [-0.05, 0) is 47.9 Å². The summed E-state index contributed by atoms with van der Waals surface area (Å²) in [7, 11) is 1.47. The number of methoxy groups -OCH3 is 1. The molecule has 1 aliphatic heterocycles. The minimum atomic E-state index is -1.07. The molecular weight excluding hydrogens is 392 g/mol. The van der Waals surface area contributed by atoms with E-state index in [4.69, 9.17) is 14.6 Å². The van der Waals surface area contributed by atoms with Crippen LogP contribution in [0.1, 0.15) is 18.1 Å². The lowest BCUT2D eigenvalue weighted by Gasteiger charge is -2.13. The van der Waals surface area contributed by atoms with E-state index in [-0.39, 0.29) is 11.4 Å². The van der Waals surface area contributed by atoms with Crippen molar-refractivity contribution in [1.29, 1.82) is 0 Å². The zero-order chi connectivity index (χ0) is 20.8. The Morgan fingerprint density at radius 2 is 2.00 bits per heavy atom. The number of ether oxygens (including phenoxy) is 2. The Bertz CT molecular complexity index is 927. The molecule has 1 heterocycles. The summed E-state index contributed by atoms with van der Waals surface area (Å²) in [5, 5.41) is 14.9. The van der Waals surface area contributed by atoms with E-state index in [1.807, 2.05) is 12.1 Å². The van der Waals surface area contributed by atoms with E-state index < -0.39 is 12.6 Å². The lowest BCUT2D eigenvalue weighted by Crippen LogP contribution is -2.30. The van der Waals surface area contributed by atoms with Gasteiger partial charge in [0.05, 0.1) is 12.0 Å². The zero-order valence-electron chi connectivity index (χ0n) is 16.1. The van der Waals surface area contributed by atoms with Crippen molar-refractivity contribution in [3.05, 3.63) is 58.5 Å². The molecule has 152 valence electrons. The monoisotopic (exact) mass is 414 g/mol. The largest absolute Gasteiger partial charge is 0.493 e. The summed E-state index contributed by atoms with van der Waals surface area (Å²) in [5.41, 5.74) is 2.67. The number of carboxylic acids is 1. The van der Waals surface area contributed by atoms with Crippen molar-refractivity contribution in [3.63, 3.8) is 0 Å². The van der Waals surface area contributed by atoms with Crippen LogP contribution in [0, 0.1) is 0 Å².